The molecule has 1 aliphatic heterocycles. The minimum absolute atomic E-state index is 0.110. The highest BCUT2D eigenvalue weighted by atomic mass is 19.4. The summed E-state index contributed by atoms with van der Waals surface area (Å²) < 4.78 is 38.4. The number of pyridine rings is 1. The van der Waals surface area contributed by atoms with Gasteiger partial charge in [0.25, 0.3) is 0 Å². The van der Waals surface area contributed by atoms with Crippen LogP contribution in [-0.2, 0) is 11.0 Å². The van der Waals surface area contributed by atoms with Crippen LogP contribution in [0.25, 0.3) is 0 Å². The molecule has 140 valence electrons. The van der Waals surface area contributed by atoms with Crippen molar-refractivity contribution in [2.75, 3.05) is 31.6 Å². The van der Waals surface area contributed by atoms with Crippen molar-refractivity contribution >= 4 is 11.6 Å². The van der Waals surface area contributed by atoms with Gasteiger partial charge in [-0.15, -0.1) is 0 Å². The van der Waals surface area contributed by atoms with E-state index >= 15 is 0 Å². The largest absolute Gasteiger partial charge is 0.433 e. The third-order valence-electron chi connectivity index (χ3n) is 4.53. The van der Waals surface area contributed by atoms with Gasteiger partial charge < -0.3 is 9.80 Å². The van der Waals surface area contributed by atoms with Crippen LogP contribution in [0, 0.1) is 11.3 Å². The molecule has 1 saturated heterocycles. The van der Waals surface area contributed by atoms with Gasteiger partial charge in [-0.3, -0.25) is 9.78 Å². The molecule has 0 spiro atoms. The summed E-state index contributed by atoms with van der Waals surface area (Å²) in [5.41, 5.74) is -0.706. The first kappa shape index (κ1) is 19.5. The van der Waals surface area contributed by atoms with E-state index in [0.29, 0.717) is 31.2 Å². The van der Waals surface area contributed by atoms with E-state index in [0.717, 1.165) is 18.9 Å². The third kappa shape index (κ3) is 5.09. The number of carbonyl (C=O) groups excluding carboxylic acids is 1. The van der Waals surface area contributed by atoms with Crippen LogP contribution in [0.1, 0.15) is 39.3 Å². The summed E-state index contributed by atoms with van der Waals surface area (Å²) in [5, 5.41) is 0. The first-order valence-electron chi connectivity index (χ1n) is 8.52. The van der Waals surface area contributed by atoms with E-state index in [1.165, 1.54) is 6.20 Å². The molecule has 0 N–H and O–H groups in total. The van der Waals surface area contributed by atoms with Gasteiger partial charge in [0.15, 0.2) is 0 Å². The van der Waals surface area contributed by atoms with Crippen LogP contribution >= 0.6 is 0 Å². The molecule has 1 aromatic rings. The van der Waals surface area contributed by atoms with Crippen LogP contribution in [0.15, 0.2) is 18.3 Å². The Labute approximate surface area is 147 Å². The molecule has 1 aliphatic rings. The highest BCUT2D eigenvalue weighted by Gasteiger charge is 2.33. The molecule has 1 fully saturated rings. The van der Waals surface area contributed by atoms with Gasteiger partial charge in [-0.2, -0.15) is 13.2 Å². The molecule has 0 aromatic carbocycles. The summed E-state index contributed by atoms with van der Waals surface area (Å²) in [4.78, 5) is 19.4. The predicted molar refractivity (Wildman–Crippen MR) is 91.3 cm³/mol. The van der Waals surface area contributed by atoms with Crippen LogP contribution in [0.5, 0.6) is 0 Å². The standard InChI is InChI=1S/C18H26F3N3O/c1-17(2,3)16(25)23(4)12-13-6-9-24(10-7-13)14-5-8-22-15(11-14)18(19,20)21/h5,8,11,13H,6-7,9-10,12H2,1-4H3. The number of hydrogen-bond donors (Lipinski definition) is 0. The molecule has 0 aliphatic carbocycles. The number of halogens is 3. The van der Waals surface area contributed by atoms with Gasteiger partial charge in [-0.1, -0.05) is 20.8 Å². The summed E-state index contributed by atoms with van der Waals surface area (Å²) in [6, 6.07) is 2.72. The van der Waals surface area contributed by atoms with Crippen molar-refractivity contribution in [3.8, 4) is 0 Å². The molecule has 0 saturated carbocycles. The van der Waals surface area contributed by atoms with E-state index in [1.54, 1.807) is 11.0 Å². The van der Waals surface area contributed by atoms with E-state index in [-0.39, 0.29) is 5.91 Å². The average Bonchev–Trinajstić information content (AvgIpc) is 2.53. The fourth-order valence-electron chi connectivity index (χ4n) is 3.19. The molecular formula is C18H26F3N3O. The Morgan fingerprint density at radius 2 is 1.88 bits per heavy atom. The molecular weight excluding hydrogens is 331 g/mol. The zero-order chi connectivity index (χ0) is 18.8. The fourth-order valence-corrected chi connectivity index (χ4v) is 3.19. The molecule has 0 atom stereocenters. The fraction of sp³-hybridized carbons (Fsp3) is 0.667. The van der Waals surface area contributed by atoms with Crippen LogP contribution < -0.4 is 4.90 Å². The first-order chi connectivity index (χ1) is 11.5. The second-order valence-corrected chi connectivity index (χ2v) is 7.76. The summed E-state index contributed by atoms with van der Waals surface area (Å²) in [5.74, 6) is 0.482. The molecule has 2 heterocycles. The molecule has 7 heteroatoms. The summed E-state index contributed by atoms with van der Waals surface area (Å²) in [6.45, 7) is 7.75. The number of amides is 1. The van der Waals surface area contributed by atoms with Crippen molar-refractivity contribution in [3.63, 3.8) is 0 Å². The van der Waals surface area contributed by atoms with Crippen molar-refractivity contribution < 1.29 is 18.0 Å². The number of nitrogens with zero attached hydrogens (tertiary/aromatic N) is 3. The summed E-state index contributed by atoms with van der Waals surface area (Å²) in [7, 11) is 1.82. The zero-order valence-electron chi connectivity index (χ0n) is 15.2. The molecule has 0 unspecified atom stereocenters. The Morgan fingerprint density at radius 3 is 2.40 bits per heavy atom. The van der Waals surface area contributed by atoms with Crippen molar-refractivity contribution in [2.45, 2.75) is 39.8 Å². The van der Waals surface area contributed by atoms with Crippen LogP contribution in [0.3, 0.4) is 0 Å². The number of piperidine rings is 1. The second kappa shape index (κ2) is 7.22. The van der Waals surface area contributed by atoms with Crippen molar-refractivity contribution in [3.05, 3.63) is 24.0 Å². The molecule has 0 radical (unpaired) electrons. The minimum atomic E-state index is -4.43. The highest BCUT2D eigenvalue weighted by molar-refractivity contribution is 5.81. The molecule has 2 rings (SSSR count). The van der Waals surface area contributed by atoms with Gasteiger partial charge >= 0.3 is 6.18 Å². The number of carbonyl (C=O) groups is 1. The summed E-state index contributed by atoms with van der Waals surface area (Å²) in [6.07, 6.45) is -1.51. The van der Waals surface area contributed by atoms with Gasteiger partial charge in [0.1, 0.15) is 5.69 Å². The number of alkyl halides is 3. The molecule has 1 aromatic heterocycles. The van der Waals surface area contributed by atoms with Crippen molar-refractivity contribution in [1.29, 1.82) is 0 Å². The van der Waals surface area contributed by atoms with Crippen molar-refractivity contribution in [1.82, 2.24) is 9.88 Å². The lowest BCUT2D eigenvalue weighted by Gasteiger charge is -2.36. The molecule has 25 heavy (non-hydrogen) atoms. The topological polar surface area (TPSA) is 36.4 Å². The second-order valence-electron chi connectivity index (χ2n) is 7.76. The number of hydrogen-bond acceptors (Lipinski definition) is 3. The SMILES string of the molecule is CN(CC1CCN(c2ccnc(C(F)(F)F)c2)CC1)C(=O)C(C)(C)C. The normalized spacial score (nSPS) is 16.8. The zero-order valence-corrected chi connectivity index (χ0v) is 15.2. The maximum Gasteiger partial charge on any atom is 0.433 e. The van der Waals surface area contributed by atoms with Gasteiger partial charge in [0, 0.05) is 44.0 Å². The quantitative estimate of drug-likeness (QED) is 0.825. The van der Waals surface area contributed by atoms with Gasteiger partial charge in [0.05, 0.1) is 0 Å². The molecule has 0 bridgehead atoms. The Balaban J connectivity index is 1.93. The van der Waals surface area contributed by atoms with Crippen LogP contribution in [0.4, 0.5) is 18.9 Å². The lowest BCUT2D eigenvalue weighted by atomic mass is 9.92. The Kier molecular flexibility index (Phi) is 5.64. The minimum Gasteiger partial charge on any atom is -0.371 e. The molecule has 1 amide bonds. The number of aromatic nitrogens is 1. The van der Waals surface area contributed by atoms with Crippen molar-refractivity contribution in [2.24, 2.45) is 11.3 Å². The third-order valence-corrected chi connectivity index (χ3v) is 4.53. The van der Waals surface area contributed by atoms with Crippen LogP contribution in [-0.4, -0.2) is 42.5 Å². The van der Waals surface area contributed by atoms with E-state index in [4.69, 9.17) is 0 Å². The number of rotatable bonds is 3. The van der Waals surface area contributed by atoms with E-state index in [9.17, 15) is 18.0 Å². The van der Waals surface area contributed by atoms with Gasteiger partial charge in [0.2, 0.25) is 5.91 Å². The molecule has 4 nitrogen and oxygen atoms in total. The monoisotopic (exact) mass is 357 g/mol. The Bertz CT molecular complexity index is 602. The van der Waals surface area contributed by atoms with Gasteiger partial charge in [-0.05, 0) is 30.9 Å². The lowest BCUT2D eigenvalue weighted by molar-refractivity contribution is -0.141. The summed E-state index contributed by atoms with van der Waals surface area (Å²) >= 11 is 0. The Hall–Kier alpha value is -1.79. The predicted octanol–water partition coefficient (Wildman–Crippen LogP) is 3.82. The number of anilines is 1. The average molecular weight is 357 g/mol. The lowest BCUT2D eigenvalue weighted by Crippen LogP contribution is -2.42. The van der Waals surface area contributed by atoms with Gasteiger partial charge in [-0.25, -0.2) is 0 Å². The maximum absolute atomic E-state index is 12.8. The van der Waals surface area contributed by atoms with Crippen LogP contribution in [0.2, 0.25) is 0 Å². The Morgan fingerprint density at radius 1 is 1.28 bits per heavy atom. The smallest absolute Gasteiger partial charge is 0.371 e. The van der Waals surface area contributed by atoms with E-state index in [1.807, 2.05) is 32.7 Å². The first-order valence-corrected chi connectivity index (χ1v) is 8.52. The highest BCUT2D eigenvalue weighted by Crippen LogP contribution is 2.31. The maximum atomic E-state index is 12.8. The van der Waals surface area contributed by atoms with E-state index < -0.39 is 17.3 Å². The van der Waals surface area contributed by atoms with E-state index in [2.05, 4.69) is 4.98 Å².